The average molecular weight is 226 g/mol. The van der Waals surface area contributed by atoms with Gasteiger partial charge in [-0.1, -0.05) is 43.8 Å². The molecule has 1 nitrogen and oxygen atoms in total. The van der Waals surface area contributed by atoms with Crippen molar-refractivity contribution in [2.75, 3.05) is 6.61 Å². The van der Waals surface area contributed by atoms with E-state index in [-0.39, 0.29) is 0 Å². The van der Waals surface area contributed by atoms with E-state index < -0.39 is 0 Å². The van der Waals surface area contributed by atoms with Crippen molar-refractivity contribution in [1.82, 2.24) is 0 Å². The normalized spacial score (nSPS) is 10.6. The zero-order chi connectivity index (χ0) is 12.1. The highest BCUT2D eigenvalue weighted by Gasteiger charge is 2.02. The molecule has 0 aliphatic rings. The Labute approximate surface area is 103 Å². The summed E-state index contributed by atoms with van der Waals surface area (Å²) in [5.74, 6) is 0. The molecule has 0 N–H and O–H groups in total. The van der Waals surface area contributed by atoms with E-state index in [0.29, 0.717) is 6.61 Å². The minimum Gasteiger partial charge on any atom is -0.377 e. The maximum Gasteiger partial charge on any atom is 0.0722 e. The molecule has 0 amide bonds. The van der Waals surface area contributed by atoms with Crippen LogP contribution in [0.1, 0.15) is 24.5 Å². The van der Waals surface area contributed by atoms with Gasteiger partial charge >= 0.3 is 0 Å². The summed E-state index contributed by atoms with van der Waals surface area (Å²) < 4.78 is 5.61. The SMILES string of the molecule is C=Cc1cc2ccccc2cc1COCCC. The van der Waals surface area contributed by atoms with Crippen LogP contribution in [0.5, 0.6) is 0 Å². The molecule has 0 saturated carbocycles. The van der Waals surface area contributed by atoms with E-state index in [4.69, 9.17) is 4.74 Å². The van der Waals surface area contributed by atoms with Crippen molar-refractivity contribution in [3.05, 3.63) is 54.1 Å². The van der Waals surface area contributed by atoms with Crippen molar-refractivity contribution in [1.29, 1.82) is 0 Å². The molecule has 2 aromatic carbocycles. The predicted octanol–water partition coefficient (Wildman–Crippen LogP) is 4.41. The van der Waals surface area contributed by atoms with Crippen LogP contribution in [0.4, 0.5) is 0 Å². The smallest absolute Gasteiger partial charge is 0.0722 e. The van der Waals surface area contributed by atoms with Crippen LogP contribution in [0.3, 0.4) is 0 Å². The van der Waals surface area contributed by atoms with E-state index in [1.807, 2.05) is 6.08 Å². The van der Waals surface area contributed by atoms with E-state index in [2.05, 4.69) is 49.9 Å². The first kappa shape index (κ1) is 11.9. The standard InChI is InChI=1S/C16H18O/c1-3-9-17-12-16-11-15-8-6-5-7-14(15)10-13(16)4-2/h4-8,10-11H,2-3,9,12H2,1H3. The van der Waals surface area contributed by atoms with Gasteiger partial charge in [-0.2, -0.15) is 0 Å². The second-order valence-corrected chi connectivity index (χ2v) is 4.15. The number of hydrogen-bond donors (Lipinski definition) is 0. The minimum absolute atomic E-state index is 0.667. The quantitative estimate of drug-likeness (QED) is 0.686. The van der Waals surface area contributed by atoms with E-state index >= 15 is 0 Å². The van der Waals surface area contributed by atoms with Crippen molar-refractivity contribution in [3.63, 3.8) is 0 Å². The van der Waals surface area contributed by atoms with Gasteiger partial charge in [-0.3, -0.25) is 0 Å². The van der Waals surface area contributed by atoms with Gasteiger partial charge in [-0.25, -0.2) is 0 Å². The van der Waals surface area contributed by atoms with Gasteiger partial charge in [0.2, 0.25) is 0 Å². The van der Waals surface area contributed by atoms with E-state index in [0.717, 1.165) is 13.0 Å². The molecule has 0 heterocycles. The Bertz CT molecular complexity index is 514. The van der Waals surface area contributed by atoms with Gasteiger partial charge in [0.15, 0.2) is 0 Å². The van der Waals surface area contributed by atoms with Crippen LogP contribution in [0.25, 0.3) is 16.8 Å². The molecule has 0 aliphatic carbocycles. The van der Waals surface area contributed by atoms with Crippen LogP contribution in [0, 0.1) is 0 Å². The molecule has 0 aliphatic heterocycles. The lowest BCUT2D eigenvalue weighted by Crippen LogP contribution is -1.96. The second kappa shape index (κ2) is 5.65. The molecular formula is C16H18O. The summed E-state index contributed by atoms with van der Waals surface area (Å²) in [5.41, 5.74) is 2.38. The lowest BCUT2D eigenvalue weighted by Gasteiger charge is -2.09. The summed E-state index contributed by atoms with van der Waals surface area (Å²) in [4.78, 5) is 0. The number of hydrogen-bond acceptors (Lipinski definition) is 1. The lowest BCUT2D eigenvalue weighted by molar-refractivity contribution is 0.121. The fourth-order valence-electron chi connectivity index (χ4n) is 1.95. The topological polar surface area (TPSA) is 9.23 Å². The fourth-order valence-corrected chi connectivity index (χ4v) is 1.95. The molecule has 0 unspecified atom stereocenters. The molecule has 0 radical (unpaired) electrons. The van der Waals surface area contributed by atoms with Crippen molar-refractivity contribution < 1.29 is 4.74 Å². The van der Waals surface area contributed by atoms with Gasteiger partial charge in [-0.15, -0.1) is 0 Å². The molecular weight excluding hydrogens is 208 g/mol. The van der Waals surface area contributed by atoms with E-state index in [1.54, 1.807) is 0 Å². The number of fused-ring (bicyclic) bond motifs is 1. The fraction of sp³-hybridized carbons (Fsp3) is 0.250. The largest absolute Gasteiger partial charge is 0.377 e. The van der Waals surface area contributed by atoms with Crippen LogP contribution in [0.15, 0.2) is 43.0 Å². The van der Waals surface area contributed by atoms with Crippen molar-refractivity contribution in [3.8, 4) is 0 Å². The molecule has 0 saturated heterocycles. The molecule has 0 spiro atoms. The van der Waals surface area contributed by atoms with E-state index in [1.165, 1.54) is 21.9 Å². The first-order chi connectivity index (χ1) is 8.35. The van der Waals surface area contributed by atoms with Crippen LogP contribution in [-0.4, -0.2) is 6.61 Å². The molecule has 0 bridgehead atoms. The number of benzene rings is 2. The number of rotatable bonds is 5. The summed E-state index contributed by atoms with van der Waals surface area (Å²) in [7, 11) is 0. The Hall–Kier alpha value is -1.60. The molecule has 2 rings (SSSR count). The lowest BCUT2D eigenvalue weighted by atomic mass is 10.0. The van der Waals surface area contributed by atoms with Crippen LogP contribution in [-0.2, 0) is 11.3 Å². The highest BCUT2D eigenvalue weighted by Crippen LogP contribution is 2.21. The highest BCUT2D eigenvalue weighted by molar-refractivity contribution is 5.85. The summed E-state index contributed by atoms with van der Waals surface area (Å²) in [6.07, 6.45) is 2.95. The molecule has 88 valence electrons. The van der Waals surface area contributed by atoms with Crippen LogP contribution >= 0.6 is 0 Å². The maximum atomic E-state index is 5.61. The maximum absolute atomic E-state index is 5.61. The van der Waals surface area contributed by atoms with Gasteiger partial charge in [0.05, 0.1) is 6.61 Å². The second-order valence-electron chi connectivity index (χ2n) is 4.15. The number of ether oxygens (including phenoxy) is 1. The molecule has 17 heavy (non-hydrogen) atoms. The molecule has 1 heteroatoms. The average Bonchev–Trinajstić information content (AvgIpc) is 2.38. The zero-order valence-electron chi connectivity index (χ0n) is 10.3. The minimum atomic E-state index is 0.667. The molecule has 2 aromatic rings. The van der Waals surface area contributed by atoms with Gasteiger partial charge in [0, 0.05) is 6.61 Å². The predicted molar refractivity (Wildman–Crippen MR) is 74.0 cm³/mol. The molecule has 0 fully saturated rings. The van der Waals surface area contributed by atoms with Gasteiger partial charge in [-0.05, 0) is 40.5 Å². The van der Waals surface area contributed by atoms with Gasteiger partial charge < -0.3 is 4.74 Å². The Balaban J connectivity index is 2.35. The third-order valence-electron chi connectivity index (χ3n) is 2.83. The Morgan fingerprint density at radius 2 is 1.88 bits per heavy atom. The monoisotopic (exact) mass is 226 g/mol. The summed E-state index contributed by atoms with van der Waals surface area (Å²) in [6, 6.07) is 12.7. The van der Waals surface area contributed by atoms with Gasteiger partial charge in [0.25, 0.3) is 0 Å². The summed E-state index contributed by atoms with van der Waals surface area (Å²) in [6.45, 7) is 7.47. The molecule has 0 aromatic heterocycles. The van der Waals surface area contributed by atoms with Crippen LogP contribution in [0.2, 0.25) is 0 Å². The Morgan fingerprint density at radius 3 is 2.53 bits per heavy atom. The zero-order valence-corrected chi connectivity index (χ0v) is 10.3. The Morgan fingerprint density at radius 1 is 1.18 bits per heavy atom. The van der Waals surface area contributed by atoms with Crippen molar-refractivity contribution in [2.45, 2.75) is 20.0 Å². The first-order valence-corrected chi connectivity index (χ1v) is 6.07. The van der Waals surface area contributed by atoms with Crippen molar-refractivity contribution >= 4 is 16.8 Å². The van der Waals surface area contributed by atoms with Gasteiger partial charge in [0.1, 0.15) is 0 Å². The third kappa shape index (κ3) is 2.75. The third-order valence-corrected chi connectivity index (χ3v) is 2.83. The summed E-state index contributed by atoms with van der Waals surface area (Å²) in [5, 5.41) is 2.51. The first-order valence-electron chi connectivity index (χ1n) is 6.07. The van der Waals surface area contributed by atoms with Crippen LogP contribution < -0.4 is 0 Å². The van der Waals surface area contributed by atoms with Crippen molar-refractivity contribution in [2.24, 2.45) is 0 Å². The summed E-state index contributed by atoms with van der Waals surface area (Å²) >= 11 is 0. The Kier molecular flexibility index (Phi) is 3.94. The van der Waals surface area contributed by atoms with E-state index in [9.17, 15) is 0 Å². The highest BCUT2D eigenvalue weighted by atomic mass is 16.5. The molecule has 0 atom stereocenters.